The molecule has 0 atom stereocenters. The van der Waals surface area contributed by atoms with Crippen molar-refractivity contribution in [2.24, 2.45) is 0 Å². The highest BCUT2D eigenvalue weighted by Crippen LogP contribution is 2.33. The van der Waals surface area contributed by atoms with Crippen LogP contribution in [0, 0.1) is 0 Å². The van der Waals surface area contributed by atoms with Gasteiger partial charge in [0.1, 0.15) is 12.4 Å². The zero-order valence-corrected chi connectivity index (χ0v) is 12.8. The maximum atomic E-state index is 9.08. The van der Waals surface area contributed by atoms with E-state index in [1.54, 1.807) is 7.11 Å². The Bertz CT molecular complexity index is 377. The number of hydrogen-bond acceptors (Lipinski definition) is 3. The van der Waals surface area contributed by atoms with E-state index >= 15 is 0 Å². The van der Waals surface area contributed by atoms with Gasteiger partial charge < -0.3 is 14.6 Å². The SMILES string of the molecule is COCCOc1ccc(C(C)(C)CCO)cc1Br. The molecule has 1 rings (SSSR count). The summed E-state index contributed by atoms with van der Waals surface area (Å²) < 4.78 is 11.5. The summed E-state index contributed by atoms with van der Waals surface area (Å²) in [4.78, 5) is 0. The molecule has 0 saturated carbocycles. The Morgan fingerprint density at radius 3 is 2.56 bits per heavy atom. The average Bonchev–Trinajstić information content (AvgIpc) is 2.31. The van der Waals surface area contributed by atoms with E-state index in [1.165, 1.54) is 5.56 Å². The molecule has 0 bridgehead atoms. The number of aliphatic hydroxyl groups excluding tert-OH is 1. The number of rotatable bonds is 7. The molecule has 0 aliphatic rings. The van der Waals surface area contributed by atoms with Crippen molar-refractivity contribution >= 4 is 15.9 Å². The molecule has 0 radical (unpaired) electrons. The molecule has 1 N–H and O–H groups in total. The van der Waals surface area contributed by atoms with Gasteiger partial charge in [-0.15, -0.1) is 0 Å². The van der Waals surface area contributed by atoms with Crippen molar-refractivity contribution in [2.45, 2.75) is 25.7 Å². The minimum absolute atomic E-state index is 0.0394. The molecule has 18 heavy (non-hydrogen) atoms. The second-order valence-electron chi connectivity index (χ2n) is 4.84. The molecule has 1 aromatic rings. The predicted octanol–water partition coefficient (Wildman–Crippen LogP) is 3.13. The van der Waals surface area contributed by atoms with Gasteiger partial charge in [0.15, 0.2) is 0 Å². The molecular weight excluding hydrogens is 296 g/mol. The first-order valence-corrected chi connectivity index (χ1v) is 6.83. The van der Waals surface area contributed by atoms with Crippen LogP contribution in [-0.4, -0.2) is 32.0 Å². The lowest BCUT2D eigenvalue weighted by Gasteiger charge is -2.25. The van der Waals surface area contributed by atoms with Gasteiger partial charge in [-0.05, 0) is 45.5 Å². The van der Waals surface area contributed by atoms with Crippen molar-refractivity contribution in [3.05, 3.63) is 28.2 Å². The lowest BCUT2D eigenvalue weighted by molar-refractivity contribution is 0.146. The first-order chi connectivity index (χ1) is 8.51. The van der Waals surface area contributed by atoms with Crippen molar-refractivity contribution in [2.75, 3.05) is 26.9 Å². The summed E-state index contributed by atoms with van der Waals surface area (Å²) in [6.45, 7) is 5.54. The van der Waals surface area contributed by atoms with Crippen molar-refractivity contribution in [1.82, 2.24) is 0 Å². The normalized spacial score (nSPS) is 11.6. The molecule has 0 fully saturated rings. The van der Waals surface area contributed by atoms with Gasteiger partial charge in [-0.1, -0.05) is 19.9 Å². The maximum absolute atomic E-state index is 9.08. The van der Waals surface area contributed by atoms with Gasteiger partial charge in [0.05, 0.1) is 11.1 Å². The predicted molar refractivity (Wildman–Crippen MR) is 76.2 cm³/mol. The Kier molecular flexibility index (Phi) is 6.12. The highest BCUT2D eigenvalue weighted by atomic mass is 79.9. The maximum Gasteiger partial charge on any atom is 0.133 e. The Morgan fingerprint density at radius 2 is 2.00 bits per heavy atom. The lowest BCUT2D eigenvalue weighted by Crippen LogP contribution is -2.18. The molecule has 0 amide bonds. The number of halogens is 1. The number of hydrogen-bond donors (Lipinski definition) is 1. The highest BCUT2D eigenvalue weighted by Gasteiger charge is 2.20. The van der Waals surface area contributed by atoms with Crippen LogP contribution in [0.15, 0.2) is 22.7 Å². The van der Waals surface area contributed by atoms with E-state index in [2.05, 4.69) is 35.8 Å². The van der Waals surface area contributed by atoms with Gasteiger partial charge in [-0.3, -0.25) is 0 Å². The smallest absolute Gasteiger partial charge is 0.133 e. The number of ether oxygens (including phenoxy) is 2. The summed E-state index contributed by atoms with van der Waals surface area (Å²) in [5, 5.41) is 9.08. The molecule has 0 heterocycles. The summed E-state index contributed by atoms with van der Waals surface area (Å²) in [6.07, 6.45) is 0.739. The number of benzene rings is 1. The van der Waals surface area contributed by atoms with E-state index in [1.807, 2.05) is 12.1 Å². The average molecular weight is 317 g/mol. The Hall–Kier alpha value is -0.580. The van der Waals surface area contributed by atoms with E-state index in [-0.39, 0.29) is 12.0 Å². The van der Waals surface area contributed by atoms with Gasteiger partial charge >= 0.3 is 0 Å². The van der Waals surface area contributed by atoms with Crippen molar-refractivity contribution in [1.29, 1.82) is 0 Å². The first-order valence-electron chi connectivity index (χ1n) is 6.04. The zero-order valence-electron chi connectivity index (χ0n) is 11.2. The van der Waals surface area contributed by atoms with E-state index in [0.717, 1.165) is 16.6 Å². The van der Waals surface area contributed by atoms with Crippen molar-refractivity contribution < 1.29 is 14.6 Å². The van der Waals surface area contributed by atoms with Crippen LogP contribution in [0.25, 0.3) is 0 Å². The number of methoxy groups -OCH3 is 1. The van der Waals surface area contributed by atoms with E-state index in [4.69, 9.17) is 14.6 Å². The van der Waals surface area contributed by atoms with Crippen LogP contribution in [0.4, 0.5) is 0 Å². The summed E-state index contributed by atoms with van der Waals surface area (Å²) in [6, 6.07) is 6.05. The largest absolute Gasteiger partial charge is 0.490 e. The standard InChI is InChI=1S/C14H21BrO3/c1-14(2,6-7-16)11-4-5-13(12(15)10-11)18-9-8-17-3/h4-5,10,16H,6-9H2,1-3H3. The van der Waals surface area contributed by atoms with Gasteiger partial charge in [0.2, 0.25) is 0 Å². The van der Waals surface area contributed by atoms with E-state index in [9.17, 15) is 0 Å². The highest BCUT2D eigenvalue weighted by molar-refractivity contribution is 9.10. The van der Waals surface area contributed by atoms with Gasteiger partial charge in [0, 0.05) is 13.7 Å². The van der Waals surface area contributed by atoms with Crippen molar-refractivity contribution in [3.63, 3.8) is 0 Å². The molecule has 0 aliphatic heterocycles. The third-order valence-corrected chi connectivity index (χ3v) is 3.61. The van der Waals surface area contributed by atoms with E-state index in [0.29, 0.717) is 13.2 Å². The molecule has 0 aliphatic carbocycles. The topological polar surface area (TPSA) is 38.7 Å². The molecule has 0 spiro atoms. The van der Waals surface area contributed by atoms with Crippen LogP contribution in [-0.2, 0) is 10.2 Å². The molecule has 4 heteroatoms. The fraction of sp³-hybridized carbons (Fsp3) is 0.571. The van der Waals surface area contributed by atoms with Crippen LogP contribution in [0.1, 0.15) is 25.8 Å². The molecule has 0 saturated heterocycles. The second-order valence-corrected chi connectivity index (χ2v) is 5.70. The van der Waals surface area contributed by atoms with Crippen LogP contribution < -0.4 is 4.74 Å². The van der Waals surface area contributed by atoms with Crippen LogP contribution >= 0.6 is 15.9 Å². The summed E-state index contributed by atoms with van der Waals surface area (Å²) in [5.74, 6) is 0.815. The third-order valence-electron chi connectivity index (χ3n) is 3.00. The van der Waals surface area contributed by atoms with E-state index < -0.39 is 0 Å². The van der Waals surface area contributed by atoms with Gasteiger partial charge in [-0.2, -0.15) is 0 Å². The van der Waals surface area contributed by atoms with Crippen LogP contribution in [0.3, 0.4) is 0 Å². The van der Waals surface area contributed by atoms with Gasteiger partial charge in [-0.25, -0.2) is 0 Å². The van der Waals surface area contributed by atoms with Crippen molar-refractivity contribution in [3.8, 4) is 5.75 Å². The first kappa shape index (κ1) is 15.5. The summed E-state index contributed by atoms with van der Waals surface area (Å²) in [5.41, 5.74) is 1.14. The third kappa shape index (κ3) is 4.26. The minimum Gasteiger partial charge on any atom is -0.490 e. The molecular formula is C14H21BrO3. The Balaban J connectivity index is 2.78. The lowest BCUT2D eigenvalue weighted by atomic mass is 9.82. The molecule has 0 unspecified atom stereocenters. The summed E-state index contributed by atoms with van der Waals surface area (Å²) >= 11 is 3.51. The fourth-order valence-electron chi connectivity index (χ4n) is 1.70. The fourth-order valence-corrected chi connectivity index (χ4v) is 2.19. The minimum atomic E-state index is -0.0394. The quantitative estimate of drug-likeness (QED) is 0.785. The zero-order chi connectivity index (χ0) is 13.6. The molecule has 3 nitrogen and oxygen atoms in total. The monoisotopic (exact) mass is 316 g/mol. The molecule has 1 aromatic carbocycles. The second kappa shape index (κ2) is 7.12. The molecule has 102 valence electrons. The Labute approximate surface area is 117 Å². The van der Waals surface area contributed by atoms with Crippen LogP contribution in [0.5, 0.6) is 5.75 Å². The number of aliphatic hydroxyl groups is 1. The molecule has 0 aromatic heterocycles. The van der Waals surface area contributed by atoms with Gasteiger partial charge in [0.25, 0.3) is 0 Å². The van der Waals surface area contributed by atoms with Crippen LogP contribution in [0.2, 0.25) is 0 Å². The Morgan fingerprint density at radius 1 is 1.28 bits per heavy atom. The summed E-state index contributed by atoms with van der Waals surface area (Å²) in [7, 11) is 1.65.